The Kier molecular flexibility index (Phi) is 6.17. The van der Waals surface area contributed by atoms with Gasteiger partial charge in [0.25, 0.3) is 5.91 Å². The Labute approximate surface area is 173 Å². The van der Waals surface area contributed by atoms with Crippen LogP contribution in [0.5, 0.6) is 5.75 Å². The molecule has 1 unspecified atom stereocenters. The van der Waals surface area contributed by atoms with Gasteiger partial charge in [0.15, 0.2) is 11.5 Å². The van der Waals surface area contributed by atoms with Crippen LogP contribution >= 0.6 is 0 Å². The summed E-state index contributed by atoms with van der Waals surface area (Å²) in [7, 11) is 3.15. The minimum absolute atomic E-state index is 0.0379. The number of benzene rings is 2. The number of rotatable bonds is 7. The fraction of sp³-hybridized carbons (Fsp3) is 0.273. The third-order valence-electron chi connectivity index (χ3n) is 4.93. The molecule has 8 heteroatoms. The van der Waals surface area contributed by atoms with E-state index >= 15 is 0 Å². The van der Waals surface area contributed by atoms with Crippen LogP contribution in [-0.4, -0.2) is 44.1 Å². The van der Waals surface area contributed by atoms with Crippen molar-refractivity contribution in [1.29, 1.82) is 0 Å². The maximum atomic E-state index is 13.3. The number of carbonyl (C=O) groups excluding carboxylic acids is 1. The molecular weight excluding hydrogens is 392 g/mol. The third-order valence-corrected chi connectivity index (χ3v) is 4.93. The van der Waals surface area contributed by atoms with Gasteiger partial charge >= 0.3 is 6.61 Å². The number of nitrogens with two attached hydrogens (primary N) is 1. The smallest absolute Gasteiger partial charge is 0.387 e. The standard InChI is InChI=1S/C22H23F2N3O3/c1-14-12-17(9-10-18(14)30-20(23)24)22(19(28)27(2)21(25)26-22)16-8-4-6-15(13-16)7-5-11-29-3/h4-10,12-13,20H,11H2,1-3H3,(H2,25,26)/b7-5+. The van der Waals surface area contributed by atoms with E-state index in [1.165, 1.54) is 11.0 Å². The molecule has 1 atom stereocenters. The molecule has 0 fully saturated rings. The van der Waals surface area contributed by atoms with Gasteiger partial charge in [-0.3, -0.25) is 9.69 Å². The Balaban J connectivity index is 2.15. The fourth-order valence-electron chi connectivity index (χ4n) is 3.43. The summed E-state index contributed by atoms with van der Waals surface area (Å²) < 4.78 is 34.8. The van der Waals surface area contributed by atoms with E-state index in [0.717, 1.165) is 5.56 Å². The fourth-order valence-corrected chi connectivity index (χ4v) is 3.43. The van der Waals surface area contributed by atoms with E-state index in [4.69, 9.17) is 10.5 Å². The first kappa shape index (κ1) is 21.4. The minimum Gasteiger partial charge on any atom is -0.435 e. The molecule has 158 valence electrons. The van der Waals surface area contributed by atoms with Crippen LogP contribution in [0.2, 0.25) is 0 Å². The van der Waals surface area contributed by atoms with Gasteiger partial charge in [0, 0.05) is 14.2 Å². The Hall–Kier alpha value is -3.26. The molecule has 6 nitrogen and oxygen atoms in total. The van der Waals surface area contributed by atoms with E-state index in [0.29, 0.717) is 23.3 Å². The molecule has 1 heterocycles. The lowest BCUT2D eigenvalue weighted by Gasteiger charge is -2.27. The van der Waals surface area contributed by atoms with Crippen LogP contribution in [-0.2, 0) is 15.1 Å². The van der Waals surface area contributed by atoms with Crippen molar-refractivity contribution in [2.24, 2.45) is 10.7 Å². The van der Waals surface area contributed by atoms with Crippen molar-refractivity contribution in [1.82, 2.24) is 4.90 Å². The zero-order valence-corrected chi connectivity index (χ0v) is 16.9. The van der Waals surface area contributed by atoms with E-state index in [1.807, 2.05) is 30.4 Å². The van der Waals surface area contributed by atoms with Gasteiger partial charge in [0.1, 0.15) is 5.75 Å². The molecule has 3 rings (SSSR count). The second-order valence-corrected chi connectivity index (χ2v) is 6.89. The van der Waals surface area contributed by atoms with Crippen LogP contribution in [0.15, 0.2) is 53.5 Å². The van der Waals surface area contributed by atoms with Crippen LogP contribution in [0.25, 0.3) is 6.08 Å². The summed E-state index contributed by atoms with van der Waals surface area (Å²) in [4.78, 5) is 19.1. The number of hydrogen-bond donors (Lipinski definition) is 1. The topological polar surface area (TPSA) is 77.2 Å². The molecule has 2 aromatic carbocycles. The molecule has 1 aliphatic rings. The molecule has 0 spiro atoms. The number of hydrogen-bond acceptors (Lipinski definition) is 5. The highest BCUT2D eigenvalue weighted by molar-refractivity contribution is 6.09. The highest BCUT2D eigenvalue weighted by Gasteiger charge is 2.49. The molecule has 0 saturated heterocycles. The Morgan fingerprint density at radius 3 is 2.57 bits per heavy atom. The SMILES string of the molecule is COC/C=C/c1cccc(C2(c3ccc(OC(F)F)c(C)c3)N=C(N)N(C)C2=O)c1. The molecule has 2 aromatic rings. The number of guanidine groups is 1. The summed E-state index contributed by atoms with van der Waals surface area (Å²) in [5.74, 6) is -0.221. The molecule has 0 aromatic heterocycles. The van der Waals surface area contributed by atoms with Gasteiger partial charge in [-0.15, -0.1) is 0 Å². The number of halogens is 2. The van der Waals surface area contributed by atoms with Crippen molar-refractivity contribution < 1.29 is 23.0 Å². The highest BCUT2D eigenvalue weighted by Crippen LogP contribution is 2.41. The third kappa shape index (κ3) is 3.91. The maximum Gasteiger partial charge on any atom is 0.387 e. The molecule has 1 aliphatic heterocycles. The number of nitrogens with zero attached hydrogens (tertiary/aromatic N) is 2. The monoisotopic (exact) mass is 415 g/mol. The molecule has 0 radical (unpaired) electrons. The van der Waals surface area contributed by atoms with Crippen molar-refractivity contribution in [3.8, 4) is 5.75 Å². The molecule has 1 amide bonds. The summed E-state index contributed by atoms with van der Waals surface area (Å²) in [6.45, 7) is -0.853. The molecule has 2 N–H and O–H groups in total. The average Bonchev–Trinajstić information content (AvgIpc) is 2.94. The highest BCUT2D eigenvalue weighted by atomic mass is 19.3. The normalized spacial score (nSPS) is 19.1. The lowest BCUT2D eigenvalue weighted by atomic mass is 9.81. The molecule has 30 heavy (non-hydrogen) atoms. The van der Waals surface area contributed by atoms with Gasteiger partial charge in [0.2, 0.25) is 0 Å². The first-order chi connectivity index (χ1) is 14.3. The second kappa shape index (κ2) is 8.62. The number of aliphatic imine (C=N–C) groups is 1. The number of methoxy groups -OCH3 is 1. The molecular formula is C22H23F2N3O3. The van der Waals surface area contributed by atoms with Crippen molar-refractivity contribution in [2.45, 2.75) is 19.1 Å². The minimum atomic E-state index is -2.94. The number of alkyl halides is 2. The van der Waals surface area contributed by atoms with Gasteiger partial charge in [-0.25, -0.2) is 4.99 Å². The maximum absolute atomic E-state index is 13.3. The molecule has 0 aliphatic carbocycles. The number of likely N-dealkylation sites (N-methyl/N-ethyl adjacent to an activating group) is 1. The predicted molar refractivity (Wildman–Crippen MR) is 110 cm³/mol. The number of aryl methyl sites for hydroxylation is 1. The van der Waals surface area contributed by atoms with E-state index in [1.54, 1.807) is 39.3 Å². The summed E-state index contributed by atoms with van der Waals surface area (Å²) in [5, 5.41) is 0. The van der Waals surface area contributed by atoms with Crippen molar-refractivity contribution in [2.75, 3.05) is 20.8 Å². The Morgan fingerprint density at radius 1 is 1.23 bits per heavy atom. The first-order valence-electron chi connectivity index (χ1n) is 9.25. The second-order valence-electron chi connectivity index (χ2n) is 6.89. The number of amides is 1. The van der Waals surface area contributed by atoms with Gasteiger partial charge in [-0.05, 0) is 47.4 Å². The van der Waals surface area contributed by atoms with Crippen LogP contribution in [0.1, 0.15) is 22.3 Å². The van der Waals surface area contributed by atoms with Gasteiger partial charge in [0.05, 0.1) is 6.61 Å². The van der Waals surface area contributed by atoms with Crippen LogP contribution < -0.4 is 10.5 Å². The zero-order valence-electron chi connectivity index (χ0n) is 16.9. The summed E-state index contributed by atoms with van der Waals surface area (Å²) in [6, 6.07) is 12.0. The molecule has 0 saturated carbocycles. The lowest BCUT2D eigenvalue weighted by molar-refractivity contribution is -0.129. The van der Waals surface area contributed by atoms with Crippen LogP contribution in [0, 0.1) is 6.92 Å². The molecule has 0 bridgehead atoms. The van der Waals surface area contributed by atoms with Gasteiger partial charge in [-0.2, -0.15) is 8.78 Å². The van der Waals surface area contributed by atoms with Crippen molar-refractivity contribution in [3.05, 3.63) is 70.8 Å². The predicted octanol–water partition coefficient (Wildman–Crippen LogP) is 3.29. The van der Waals surface area contributed by atoms with E-state index in [9.17, 15) is 13.6 Å². The lowest BCUT2D eigenvalue weighted by Crippen LogP contribution is -2.41. The number of ether oxygens (including phenoxy) is 2. The van der Waals surface area contributed by atoms with E-state index in [2.05, 4.69) is 9.73 Å². The largest absolute Gasteiger partial charge is 0.435 e. The number of carbonyl (C=O) groups is 1. The van der Waals surface area contributed by atoms with Gasteiger partial charge in [-0.1, -0.05) is 36.4 Å². The van der Waals surface area contributed by atoms with Crippen LogP contribution in [0.4, 0.5) is 8.78 Å². The first-order valence-corrected chi connectivity index (χ1v) is 9.25. The summed E-state index contributed by atoms with van der Waals surface area (Å²) in [6.07, 6.45) is 3.73. The quantitative estimate of drug-likeness (QED) is 0.753. The summed E-state index contributed by atoms with van der Waals surface area (Å²) >= 11 is 0. The van der Waals surface area contributed by atoms with Crippen LogP contribution in [0.3, 0.4) is 0 Å². The van der Waals surface area contributed by atoms with E-state index < -0.39 is 12.2 Å². The summed E-state index contributed by atoms with van der Waals surface area (Å²) in [5.41, 5.74) is 7.01. The Morgan fingerprint density at radius 2 is 1.97 bits per heavy atom. The Bertz CT molecular complexity index is 1010. The average molecular weight is 415 g/mol. The van der Waals surface area contributed by atoms with Crippen molar-refractivity contribution >= 4 is 17.9 Å². The van der Waals surface area contributed by atoms with E-state index in [-0.39, 0.29) is 17.6 Å². The van der Waals surface area contributed by atoms with Crippen molar-refractivity contribution in [3.63, 3.8) is 0 Å². The zero-order chi connectivity index (χ0) is 21.9. The van der Waals surface area contributed by atoms with Gasteiger partial charge < -0.3 is 15.2 Å².